The van der Waals surface area contributed by atoms with Crippen LogP contribution in [0.4, 0.5) is 0 Å². The number of hydrogen-bond acceptors (Lipinski definition) is 3. The molecule has 108 valence electrons. The molecule has 2 heterocycles. The van der Waals surface area contributed by atoms with E-state index in [0.29, 0.717) is 11.3 Å². The Morgan fingerprint density at radius 3 is 2.71 bits per heavy atom. The second kappa shape index (κ2) is 5.07. The average molecular weight is 301 g/mol. The van der Waals surface area contributed by atoms with Gasteiger partial charge in [0.05, 0.1) is 5.69 Å². The van der Waals surface area contributed by atoms with Crippen LogP contribution < -0.4 is 5.43 Å². The monoisotopic (exact) mass is 301 g/mol. The van der Waals surface area contributed by atoms with Crippen molar-refractivity contribution in [3.05, 3.63) is 51.8 Å². The zero-order chi connectivity index (χ0) is 15.1. The summed E-state index contributed by atoms with van der Waals surface area (Å²) < 4.78 is 1.76. The number of benzene rings is 1. The van der Waals surface area contributed by atoms with E-state index in [0.717, 1.165) is 16.2 Å². The number of thioether (sulfide) groups is 1. The first-order valence-electron chi connectivity index (χ1n) is 6.74. The normalized spacial score (nSPS) is 12.9. The Balaban J connectivity index is 2.45. The summed E-state index contributed by atoms with van der Waals surface area (Å²) in [5.74, 6) is -0.489. The van der Waals surface area contributed by atoms with E-state index in [1.807, 2.05) is 38.1 Å². The lowest BCUT2D eigenvalue weighted by molar-refractivity contribution is 0.0682. The van der Waals surface area contributed by atoms with Crippen LogP contribution in [0.25, 0.3) is 11.3 Å². The maximum absolute atomic E-state index is 12.3. The van der Waals surface area contributed by atoms with E-state index in [2.05, 4.69) is 0 Å². The highest BCUT2D eigenvalue weighted by atomic mass is 32.2. The maximum atomic E-state index is 12.3. The Hall–Kier alpha value is -2.01. The SMILES string of the molecule is CC(C)n1c(C(=O)O)cc(=O)c2c1-c1ccccc1SC2. The van der Waals surface area contributed by atoms with Gasteiger partial charge >= 0.3 is 5.97 Å². The van der Waals surface area contributed by atoms with Gasteiger partial charge in [-0.15, -0.1) is 11.8 Å². The minimum atomic E-state index is -1.07. The van der Waals surface area contributed by atoms with Crippen LogP contribution in [0.15, 0.2) is 40.0 Å². The number of aromatic carboxylic acids is 1. The molecule has 1 aromatic carbocycles. The first kappa shape index (κ1) is 13.9. The van der Waals surface area contributed by atoms with Gasteiger partial charge in [0, 0.05) is 33.9 Å². The molecule has 0 atom stereocenters. The Bertz CT molecular complexity index is 793. The zero-order valence-corrected chi connectivity index (χ0v) is 12.6. The fraction of sp³-hybridized carbons (Fsp3) is 0.250. The molecule has 5 heteroatoms. The van der Waals surface area contributed by atoms with Crippen molar-refractivity contribution in [1.29, 1.82) is 0 Å². The molecule has 2 aromatic rings. The molecule has 0 saturated heterocycles. The highest BCUT2D eigenvalue weighted by Gasteiger charge is 2.26. The molecule has 0 spiro atoms. The van der Waals surface area contributed by atoms with Gasteiger partial charge < -0.3 is 9.67 Å². The molecule has 0 unspecified atom stereocenters. The summed E-state index contributed by atoms with van der Waals surface area (Å²) in [5, 5.41) is 9.42. The van der Waals surface area contributed by atoms with Crippen molar-refractivity contribution in [2.75, 3.05) is 0 Å². The van der Waals surface area contributed by atoms with Crippen LogP contribution in [-0.2, 0) is 5.75 Å². The van der Waals surface area contributed by atoms with E-state index < -0.39 is 5.97 Å². The van der Waals surface area contributed by atoms with Crippen molar-refractivity contribution in [2.45, 2.75) is 30.5 Å². The van der Waals surface area contributed by atoms with Crippen molar-refractivity contribution in [3.8, 4) is 11.3 Å². The third-order valence-corrected chi connectivity index (χ3v) is 4.70. The van der Waals surface area contributed by atoms with Crippen LogP contribution >= 0.6 is 11.8 Å². The first-order valence-corrected chi connectivity index (χ1v) is 7.73. The van der Waals surface area contributed by atoms with E-state index in [1.165, 1.54) is 6.07 Å². The van der Waals surface area contributed by atoms with Crippen LogP contribution in [0.1, 0.15) is 35.9 Å². The summed E-state index contributed by atoms with van der Waals surface area (Å²) in [6, 6.07) is 9.03. The summed E-state index contributed by atoms with van der Waals surface area (Å²) in [6.45, 7) is 3.86. The van der Waals surface area contributed by atoms with Gasteiger partial charge in [-0.05, 0) is 19.9 Å². The smallest absolute Gasteiger partial charge is 0.352 e. The number of aromatic nitrogens is 1. The minimum Gasteiger partial charge on any atom is -0.477 e. The predicted octanol–water partition coefficient (Wildman–Crippen LogP) is 3.40. The van der Waals surface area contributed by atoms with Gasteiger partial charge in [-0.3, -0.25) is 4.79 Å². The molecule has 1 aliphatic heterocycles. The number of hydrogen-bond donors (Lipinski definition) is 1. The molecule has 0 fully saturated rings. The lowest BCUT2D eigenvalue weighted by Crippen LogP contribution is -2.25. The van der Waals surface area contributed by atoms with Gasteiger partial charge in [0.15, 0.2) is 5.43 Å². The highest BCUT2D eigenvalue weighted by molar-refractivity contribution is 7.98. The van der Waals surface area contributed by atoms with E-state index in [-0.39, 0.29) is 17.2 Å². The zero-order valence-electron chi connectivity index (χ0n) is 11.8. The number of fused-ring (bicyclic) bond motifs is 3. The van der Waals surface area contributed by atoms with Crippen molar-refractivity contribution in [2.24, 2.45) is 0 Å². The quantitative estimate of drug-likeness (QED) is 0.923. The van der Waals surface area contributed by atoms with Gasteiger partial charge in [0.2, 0.25) is 0 Å². The Morgan fingerprint density at radius 1 is 1.33 bits per heavy atom. The molecule has 1 N–H and O–H groups in total. The van der Waals surface area contributed by atoms with Crippen molar-refractivity contribution >= 4 is 17.7 Å². The predicted molar refractivity (Wildman–Crippen MR) is 83.0 cm³/mol. The number of rotatable bonds is 2. The topological polar surface area (TPSA) is 59.3 Å². The molecular weight excluding hydrogens is 286 g/mol. The summed E-state index contributed by atoms with van der Waals surface area (Å²) in [6.07, 6.45) is 0. The largest absolute Gasteiger partial charge is 0.477 e. The van der Waals surface area contributed by atoms with Gasteiger partial charge in [-0.25, -0.2) is 4.79 Å². The molecule has 1 aliphatic rings. The third kappa shape index (κ3) is 2.17. The van der Waals surface area contributed by atoms with E-state index in [9.17, 15) is 14.7 Å². The van der Waals surface area contributed by atoms with E-state index in [4.69, 9.17) is 0 Å². The molecule has 0 bridgehead atoms. The Kier molecular flexibility index (Phi) is 3.37. The summed E-state index contributed by atoms with van der Waals surface area (Å²) in [7, 11) is 0. The third-order valence-electron chi connectivity index (χ3n) is 3.60. The number of carboxylic acid groups (broad SMARTS) is 1. The Morgan fingerprint density at radius 2 is 2.05 bits per heavy atom. The molecule has 21 heavy (non-hydrogen) atoms. The molecule has 3 rings (SSSR count). The number of pyridine rings is 1. The molecule has 1 aromatic heterocycles. The standard InChI is InChI=1S/C16H15NO3S/c1-9(2)17-12(16(19)20)7-13(18)11-8-21-14-6-4-3-5-10(14)15(11)17/h3-7,9H,8H2,1-2H3,(H,19,20). The first-order chi connectivity index (χ1) is 10.0. The minimum absolute atomic E-state index is 0.0402. The molecular formula is C16H15NO3S. The number of carboxylic acids is 1. The Labute approximate surface area is 126 Å². The molecule has 0 radical (unpaired) electrons. The average Bonchev–Trinajstić information content (AvgIpc) is 2.46. The van der Waals surface area contributed by atoms with Crippen LogP contribution in [0.5, 0.6) is 0 Å². The molecule has 0 aliphatic carbocycles. The number of carbonyl (C=O) groups is 1. The second-order valence-electron chi connectivity index (χ2n) is 5.27. The lowest BCUT2D eigenvalue weighted by Gasteiger charge is -2.27. The summed E-state index contributed by atoms with van der Waals surface area (Å²) in [5.41, 5.74) is 2.25. The van der Waals surface area contributed by atoms with Crippen LogP contribution in [0, 0.1) is 0 Å². The van der Waals surface area contributed by atoms with E-state index in [1.54, 1.807) is 16.3 Å². The van der Waals surface area contributed by atoms with Gasteiger partial charge in [0.1, 0.15) is 5.69 Å². The van der Waals surface area contributed by atoms with Crippen LogP contribution in [0.3, 0.4) is 0 Å². The number of nitrogens with zero attached hydrogens (tertiary/aromatic N) is 1. The van der Waals surface area contributed by atoms with Crippen molar-refractivity contribution < 1.29 is 9.90 Å². The molecule has 0 amide bonds. The highest BCUT2D eigenvalue weighted by Crippen LogP contribution is 2.41. The molecule has 0 saturated carbocycles. The van der Waals surface area contributed by atoms with Gasteiger partial charge in [0.25, 0.3) is 0 Å². The summed E-state index contributed by atoms with van der Waals surface area (Å²) in [4.78, 5) is 24.9. The lowest BCUT2D eigenvalue weighted by atomic mass is 10.0. The van der Waals surface area contributed by atoms with E-state index >= 15 is 0 Å². The molecule has 4 nitrogen and oxygen atoms in total. The fourth-order valence-corrected chi connectivity index (χ4v) is 3.81. The summed E-state index contributed by atoms with van der Waals surface area (Å²) >= 11 is 1.62. The van der Waals surface area contributed by atoms with Gasteiger partial charge in [-0.2, -0.15) is 0 Å². The van der Waals surface area contributed by atoms with Gasteiger partial charge in [-0.1, -0.05) is 18.2 Å². The maximum Gasteiger partial charge on any atom is 0.352 e. The van der Waals surface area contributed by atoms with Crippen LogP contribution in [-0.4, -0.2) is 15.6 Å². The van der Waals surface area contributed by atoms with Crippen molar-refractivity contribution in [1.82, 2.24) is 4.57 Å². The van der Waals surface area contributed by atoms with Crippen molar-refractivity contribution in [3.63, 3.8) is 0 Å². The second-order valence-corrected chi connectivity index (χ2v) is 6.29. The fourth-order valence-electron chi connectivity index (χ4n) is 2.73. The van der Waals surface area contributed by atoms with Crippen LogP contribution in [0.2, 0.25) is 0 Å².